The molecule has 0 saturated carbocycles. The van der Waals surface area contributed by atoms with E-state index >= 15 is 0 Å². The van der Waals surface area contributed by atoms with Gasteiger partial charge in [0, 0.05) is 17.3 Å². The highest BCUT2D eigenvalue weighted by atomic mass is 16.2. The zero-order valence-electron chi connectivity index (χ0n) is 20.5. The van der Waals surface area contributed by atoms with Gasteiger partial charge in [0.2, 0.25) is 0 Å². The topological polar surface area (TPSA) is 36.4 Å². The maximum Gasteiger partial charge on any atom is 0.254 e. The number of rotatable bonds is 11. The standard InChI is InChI=1S/C29H37N3O/c1-5-31(6-2)21-11-13-24(4)32(22-28-16-10-12-23(3)30-28)29(33)27-19-17-26(18-20-27)25-14-8-7-9-15-25/h7-10,12,14-20,24H,5-6,11,13,21-22H2,1-4H3. The van der Waals surface area contributed by atoms with E-state index in [1.807, 2.05) is 72.5 Å². The number of hydrogen-bond donors (Lipinski definition) is 0. The van der Waals surface area contributed by atoms with Gasteiger partial charge in [0.1, 0.15) is 0 Å². The molecule has 0 aliphatic heterocycles. The van der Waals surface area contributed by atoms with E-state index < -0.39 is 0 Å². The van der Waals surface area contributed by atoms with Crippen LogP contribution in [0.2, 0.25) is 0 Å². The molecule has 2 aromatic carbocycles. The van der Waals surface area contributed by atoms with Crippen molar-refractivity contribution >= 4 is 5.91 Å². The number of hydrogen-bond acceptors (Lipinski definition) is 3. The van der Waals surface area contributed by atoms with Gasteiger partial charge in [0.05, 0.1) is 12.2 Å². The van der Waals surface area contributed by atoms with E-state index in [1.54, 1.807) is 0 Å². The van der Waals surface area contributed by atoms with E-state index in [9.17, 15) is 4.79 Å². The van der Waals surface area contributed by atoms with E-state index in [1.165, 1.54) is 0 Å². The third kappa shape index (κ3) is 7.00. The Balaban J connectivity index is 1.77. The summed E-state index contributed by atoms with van der Waals surface area (Å²) < 4.78 is 0. The fourth-order valence-corrected chi connectivity index (χ4v) is 4.20. The first-order valence-electron chi connectivity index (χ1n) is 12.1. The minimum absolute atomic E-state index is 0.0632. The Hall–Kier alpha value is -2.98. The van der Waals surface area contributed by atoms with Crippen molar-refractivity contribution in [1.29, 1.82) is 0 Å². The maximum absolute atomic E-state index is 13.6. The second kappa shape index (κ2) is 12.3. The molecule has 174 valence electrons. The number of pyridine rings is 1. The molecule has 4 heteroatoms. The highest BCUT2D eigenvalue weighted by Gasteiger charge is 2.22. The maximum atomic E-state index is 13.6. The number of carbonyl (C=O) groups is 1. The number of aryl methyl sites for hydroxylation is 1. The molecule has 0 fully saturated rings. The molecule has 0 aliphatic carbocycles. The van der Waals surface area contributed by atoms with E-state index in [4.69, 9.17) is 0 Å². The summed E-state index contributed by atoms with van der Waals surface area (Å²) in [6, 6.07) is 24.4. The molecule has 1 aromatic heterocycles. The minimum atomic E-state index is 0.0632. The molecule has 0 N–H and O–H groups in total. The monoisotopic (exact) mass is 443 g/mol. The molecule has 3 aromatic rings. The second-order valence-corrected chi connectivity index (χ2v) is 8.66. The third-order valence-electron chi connectivity index (χ3n) is 6.30. The number of benzene rings is 2. The number of nitrogens with zero attached hydrogens (tertiary/aromatic N) is 3. The van der Waals surface area contributed by atoms with Crippen LogP contribution in [0.5, 0.6) is 0 Å². The minimum Gasteiger partial charge on any atom is -0.330 e. The lowest BCUT2D eigenvalue weighted by molar-refractivity contribution is 0.0659. The summed E-state index contributed by atoms with van der Waals surface area (Å²) >= 11 is 0. The quantitative estimate of drug-likeness (QED) is 0.353. The molecule has 0 saturated heterocycles. The first kappa shape index (κ1) is 24.7. The molecule has 1 unspecified atom stereocenters. The summed E-state index contributed by atoms with van der Waals surface area (Å²) in [5.74, 6) is 0.0632. The van der Waals surface area contributed by atoms with Crippen molar-refractivity contribution in [3.8, 4) is 11.1 Å². The summed E-state index contributed by atoms with van der Waals surface area (Å²) in [4.78, 5) is 22.7. The SMILES string of the molecule is CCN(CC)CCCC(C)N(Cc1cccc(C)n1)C(=O)c1ccc(-c2ccccc2)cc1. The molecule has 3 rings (SSSR count). The highest BCUT2D eigenvalue weighted by Crippen LogP contribution is 2.21. The van der Waals surface area contributed by atoms with Gasteiger partial charge in [0.25, 0.3) is 5.91 Å². The van der Waals surface area contributed by atoms with Gasteiger partial charge in [0.15, 0.2) is 0 Å². The van der Waals surface area contributed by atoms with Crippen molar-refractivity contribution in [2.45, 2.75) is 53.1 Å². The summed E-state index contributed by atoms with van der Waals surface area (Å²) in [5, 5.41) is 0. The van der Waals surface area contributed by atoms with Crippen LogP contribution in [0.3, 0.4) is 0 Å². The van der Waals surface area contributed by atoms with Gasteiger partial charge in [-0.05, 0) is 81.7 Å². The highest BCUT2D eigenvalue weighted by molar-refractivity contribution is 5.95. The molecule has 0 radical (unpaired) electrons. The lowest BCUT2D eigenvalue weighted by Gasteiger charge is -2.30. The van der Waals surface area contributed by atoms with Crippen LogP contribution in [0.25, 0.3) is 11.1 Å². The number of carbonyl (C=O) groups excluding carboxylic acids is 1. The van der Waals surface area contributed by atoms with Crippen molar-refractivity contribution in [3.05, 3.63) is 89.7 Å². The van der Waals surface area contributed by atoms with Crippen LogP contribution in [0, 0.1) is 6.92 Å². The number of aromatic nitrogens is 1. The van der Waals surface area contributed by atoms with Crippen molar-refractivity contribution in [2.75, 3.05) is 19.6 Å². The average Bonchev–Trinajstić information content (AvgIpc) is 2.85. The first-order valence-corrected chi connectivity index (χ1v) is 12.1. The normalized spacial score (nSPS) is 12.0. The Bertz CT molecular complexity index is 997. The third-order valence-corrected chi connectivity index (χ3v) is 6.30. The van der Waals surface area contributed by atoms with Crippen LogP contribution in [0.1, 0.15) is 55.4 Å². The predicted octanol–water partition coefficient (Wildman–Crippen LogP) is 6.21. The largest absolute Gasteiger partial charge is 0.330 e. The van der Waals surface area contributed by atoms with Crippen LogP contribution in [0.15, 0.2) is 72.8 Å². The Kier molecular flexibility index (Phi) is 9.20. The van der Waals surface area contributed by atoms with E-state index in [2.05, 4.69) is 42.8 Å². The van der Waals surface area contributed by atoms with Crippen LogP contribution < -0.4 is 0 Å². The van der Waals surface area contributed by atoms with Gasteiger partial charge in [-0.1, -0.05) is 62.4 Å². The zero-order chi connectivity index (χ0) is 23.6. The van der Waals surface area contributed by atoms with Crippen LogP contribution in [-0.2, 0) is 6.54 Å². The van der Waals surface area contributed by atoms with Crippen LogP contribution >= 0.6 is 0 Å². The molecule has 1 atom stereocenters. The van der Waals surface area contributed by atoms with Gasteiger partial charge in [-0.3, -0.25) is 9.78 Å². The summed E-state index contributed by atoms with van der Waals surface area (Å²) in [6.07, 6.45) is 2.04. The average molecular weight is 444 g/mol. The molecule has 1 amide bonds. The first-order chi connectivity index (χ1) is 16.0. The van der Waals surface area contributed by atoms with Crippen molar-refractivity contribution in [2.24, 2.45) is 0 Å². The van der Waals surface area contributed by atoms with Crippen LogP contribution in [-0.4, -0.2) is 46.4 Å². The molecule has 0 aliphatic rings. The van der Waals surface area contributed by atoms with Gasteiger partial charge < -0.3 is 9.80 Å². The molecular weight excluding hydrogens is 406 g/mol. The molecule has 33 heavy (non-hydrogen) atoms. The molecular formula is C29H37N3O. The van der Waals surface area contributed by atoms with Crippen molar-refractivity contribution in [1.82, 2.24) is 14.8 Å². The Labute approximate surface area is 199 Å². The molecule has 1 heterocycles. The summed E-state index contributed by atoms with van der Waals surface area (Å²) in [6.45, 7) is 12.3. The smallest absolute Gasteiger partial charge is 0.254 e. The fourth-order valence-electron chi connectivity index (χ4n) is 4.20. The Morgan fingerprint density at radius 1 is 0.879 bits per heavy atom. The van der Waals surface area contributed by atoms with E-state index in [-0.39, 0.29) is 11.9 Å². The fraction of sp³-hybridized carbons (Fsp3) is 0.379. The Morgan fingerprint density at radius 2 is 1.55 bits per heavy atom. The lowest BCUT2D eigenvalue weighted by atomic mass is 10.0. The Morgan fingerprint density at radius 3 is 2.18 bits per heavy atom. The van der Waals surface area contributed by atoms with E-state index in [0.29, 0.717) is 6.54 Å². The summed E-state index contributed by atoms with van der Waals surface area (Å²) in [5.41, 5.74) is 4.90. The predicted molar refractivity (Wildman–Crippen MR) is 137 cm³/mol. The van der Waals surface area contributed by atoms with Gasteiger partial charge in [-0.2, -0.15) is 0 Å². The van der Waals surface area contributed by atoms with Gasteiger partial charge >= 0.3 is 0 Å². The van der Waals surface area contributed by atoms with Gasteiger partial charge in [-0.25, -0.2) is 0 Å². The molecule has 4 nitrogen and oxygen atoms in total. The van der Waals surface area contributed by atoms with Crippen LogP contribution in [0.4, 0.5) is 0 Å². The second-order valence-electron chi connectivity index (χ2n) is 8.66. The molecule has 0 bridgehead atoms. The lowest BCUT2D eigenvalue weighted by Crippen LogP contribution is -2.39. The van der Waals surface area contributed by atoms with Crippen molar-refractivity contribution in [3.63, 3.8) is 0 Å². The summed E-state index contributed by atoms with van der Waals surface area (Å²) in [7, 11) is 0. The van der Waals surface area contributed by atoms with Gasteiger partial charge in [-0.15, -0.1) is 0 Å². The zero-order valence-corrected chi connectivity index (χ0v) is 20.5. The molecule has 0 spiro atoms. The van der Waals surface area contributed by atoms with Crippen molar-refractivity contribution < 1.29 is 4.79 Å². The van der Waals surface area contributed by atoms with E-state index in [0.717, 1.165) is 60.6 Å². The number of amides is 1.